The van der Waals surface area contributed by atoms with Gasteiger partial charge in [-0.15, -0.1) is 0 Å². The second-order valence-corrected chi connectivity index (χ2v) is 3.94. The third kappa shape index (κ3) is 1.60. The van der Waals surface area contributed by atoms with Crippen LogP contribution in [0.3, 0.4) is 0 Å². The van der Waals surface area contributed by atoms with Crippen LogP contribution < -0.4 is 4.74 Å². The first kappa shape index (κ1) is 9.80. The first-order chi connectivity index (χ1) is 6.72. The lowest BCUT2D eigenvalue weighted by molar-refractivity contribution is 0.0930. The van der Waals surface area contributed by atoms with Crippen molar-refractivity contribution in [2.45, 2.75) is 11.3 Å². The average molecular weight is 233 g/mol. The van der Waals surface area contributed by atoms with Gasteiger partial charge in [-0.2, -0.15) is 0 Å². The Bertz CT molecular complexity index is 395. The quantitative estimate of drug-likeness (QED) is 0.745. The molecule has 0 amide bonds. The number of halogens is 2. The highest BCUT2D eigenvalue weighted by molar-refractivity contribution is 8.21. The Labute approximate surface area is 88.9 Å². The molecule has 5 heteroatoms. The van der Waals surface area contributed by atoms with Crippen LogP contribution in [0, 0.1) is 5.82 Å². The molecule has 74 valence electrons. The minimum absolute atomic E-state index is 0.0993. The zero-order valence-corrected chi connectivity index (χ0v) is 8.62. The van der Waals surface area contributed by atoms with Gasteiger partial charge in [0.25, 0.3) is 0 Å². The number of hydrogen-bond acceptors (Lipinski definition) is 3. The van der Waals surface area contributed by atoms with Crippen LogP contribution in [-0.2, 0) is 0 Å². The molecule has 0 fully saturated rings. The molecule has 1 aromatic carbocycles. The van der Waals surface area contributed by atoms with Crippen molar-refractivity contribution >= 4 is 27.4 Å². The van der Waals surface area contributed by atoms with Gasteiger partial charge < -0.3 is 4.74 Å². The van der Waals surface area contributed by atoms with Gasteiger partial charge in [0.15, 0.2) is 5.78 Å². The zero-order valence-electron chi connectivity index (χ0n) is 7.05. The van der Waals surface area contributed by atoms with Gasteiger partial charge in [0.05, 0.1) is 17.1 Å². The van der Waals surface area contributed by atoms with E-state index in [1.807, 2.05) is 0 Å². The molecule has 0 aliphatic carbocycles. The molecule has 0 N–H and O–H groups in total. The third-order valence-corrected chi connectivity index (χ3v) is 2.95. The topological polar surface area (TPSA) is 26.3 Å². The van der Waals surface area contributed by atoms with E-state index in [0.717, 1.165) is 11.0 Å². The fourth-order valence-corrected chi connectivity index (χ4v) is 2.10. The monoisotopic (exact) mass is 232 g/mol. The predicted octanol–water partition coefficient (Wildman–Crippen LogP) is 3.04. The number of Topliss-reactive ketones (excluding diaryl/α,β-unsaturated/α-hetero) is 1. The molecule has 0 saturated heterocycles. The molecule has 0 unspecified atom stereocenters. The van der Waals surface area contributed by atoms with Crippen LogP contribution in [0.5, 0.6) is 5.75 Å². The fourth-order valence-electron chi connectivity index (χ4n) is 1.36. The van der Waals surface area contributed by atoms with E-state index in [1.165, 1.54) is 12.1 Å². The molecule has 0 spiro atoms. The summed E-state index contributed by atoms with van der Waals surface area (Å²) in [7, 11) is 6.40. The van der Waals surface area contributed by atoms with E-state index >= 15 is 0 Å². The lowest BCUT2D eigenvalue weighted by Crippen LogP contribution is -2.16. The van der Waals surface area contributed by atoms with E-state index in [0.29, 0.717) is 29.2 Å². The molecule has 0 atom stereocenters. The van der Waals surface area contributed by atoms with Crippen molar-refractivity contribution in [1.29, 1.82) is 0 Å². The molecule has 1 aliphatic rings. The van der Waals surface area contributed by atoms with Crippen molar-refractivity contribution in [3.8, 4) is 5.75 Å². The Morgan fingerprint density at radius 2 is 2.29 bits per heavy atom. The minimum Gasteiger partial charge on any atom is -0.491 e. The van der Waals surface area contributed by atoms with Crippen molar-refractivity contribution in [3.05, 3.63) is 23.5 Å². The standard InChI is InChI=1S/C9H6ClFO2S/c10-14-8-4-5(11)3-6-7(12)1-2-13-9(6)8/h3-4H,1-2H2. The van der Waals surface area contributed by atoms with E-state index in [-0.39, 0.29) is 5.78 Å². The van der Waals surface area contributed by atoms with Crippen LogP contribution in [0.4, 0.5) is 4.39 Å². The van der Waals surface area contributed by atoms with Crippen LogP contribution in [-0.4, -0.2) is 12.4 Å². The third-order valence-electron chi connectivity index (χ3n) is 1.98. The van der Waals surface area contributed by atoms with Crippen LogP contribution in [0.1, 0.15) is 16.8 Å². The van der Waals surface area contributed by atoms with Crippen molar-refractivity contribution in [2.24, 2.45) is 0 Å². The molecular formula is C9H6ClFO2S. The molecule has 0 radical (unpaired) electrons. The highest BCUT2D eigenvalue weighted by Crippen LogP contribution is 2.38. The lowest BCUT2D eigenvalue weighted by Gasteiger charge is -2.18. The van der Waals surface area contributed by atoms with Gasteiger partial charge in [0.2, 0.25) is 0 Å². The Balaban J connectivity index is 2.60. The van der Waals surface area contributed by atoms with Gasteiger partial charge in [-0.05, 0) is 33.8 Å². The van der Waals surface area contributed by atoms with E-state index < -0.39 is 5.82 Å². The normalized spacial score (nSPS) is 14.9. The Kier molecular flexibility index (Phi) is 2.65. The largest absolute Gasteiger partial charge is 0.491 e. The Hall–Kier alpha value is -0.740. The van der Waals surface area contributed by atoms with Crippen molar-refractivity contribution in [2.75, 3.05) is 6.61 Å². The first-order valence-corrected chi connectivity index (χ1v) is 5.65. The minimum atomic E-state index is -0.467. The van der Waals surface area contributed by atoms with Gasteiger partial charge in [-0.3, -0.25) is 4.79 Å². The van der Waals surface area contributed by atoms with Crippen LogP contribution in [0.25, 0.3) is 0 Å². The summed E-state index contributed by atoms with van der Waals surface area (Å²) in [4.78, 5) is 11.9. The van der Waals surface area contributed by atoms with E-state index in [1.54, 1.807) is 0 Å². The van der Waals surface area contributed by atoms with E-state index in [9.17, 15) is 9.18 Å². The number of hydrogen-bond donors (Lipinski definition) is 0. The number of benzene rings is 1. The molecule has 1 aromatic rings. The molecule has 1 aliphatic heterocycles. The van der Waals surface area contributed by atoms with Crippen molar-refractivity contribution in [1.82, 2.24) is 0 Å². The number of fused-ring (bicyclic) bond motifs is 1. The average Bonchev–Trinajstić information content (AvgIpc) is 2.18. The van der Waals surface area contributed by atoms with Gasteiger partial charge in [-0.25, -0.2) is 4.39 Å². The van der Waals surface area contributed by atoms with Gasteiger partial charge >= 0.3 is 0 Å². The lowest BCUT2D eigenvalue weighted by atomic mass is 10.1. The molecule has 2 nitrogen and oxygen atoms in total. The van der Waals surface area contributed by atoms with Crippen LogP contribution >= 0.6 is 21.7 Å². The number of carbonyl (C=O) groups excluding carboxylic acids is 1. The Morgan fingerprint density at radius 3 is 3.00 bits per heavy atom. The second kappa shape index (κ2) is 3.79. The van der Waals surface area contributed by atoms with Crippen LogP contribution in [0.15, 0.2) is 17.0 Å². The fraction of sp³-hybridized carbons (Fsp3) is 0.222. The number of ether oxygens (including phenoxy) is 1. The Morgan fingerprint density at radius 1 is 1.50 bits per heavy atom. The smallest absolute Gasteiger partial charge is 0.170 e. The summed E-state index contributed by atoms with van der Waals surface area (Å²) in [5.74, 6) is -0.161. The summed E-state index contributed by atoms with van der Waals surface area (Å²) in [6, 6.07) is 2.45. The summed E-state index contributed by atoms with van der Waals surface area (Å²) in [6.07, 6.45) is 0.294. The van der Waals surface area contributed by atoms with Gasteiger partial charge in [0, 0.05) is 6.42 Å². The SMILES string of the molecule is O=C1CCOc2c(SCl)cc(F)cc21. The summed E-state index contributed by atoms with van der Waals surface area (Å²) in [5, 5.41) is 0. The summed E-state index contributed by atoms with van der Waals surface area (Å²) in [5.41, 5.74) is 0.291. The summed E-state index contributed by atoms with van der Waals surface area (Å²) < 4.78 is 18.3. The maximum Gasteiger partial charge on any atom is 0.170 e. The van der Waals surface area contributed by atoms with Gasteiger partial charge in [0.1, 0.15) is 11.6 Å². The predicted molar refractivity (Wildman–Crippen MR) is 52.6 cm³/mol. The molecule has 1 heterocycles. The zero-order chi connectivity index (χ0) is 10.1. The van der Waals surface area contributed by atoms with Gasteiger partial charge in [-0.1, -0.05) is 0 Å². The molecular weight excluding hydrogens is 227 g/mol. The maximum absolute atomic E-state index is 13.0. The summed E-state index contributed by atoms with van der Waals surface area (Å²) >= 11 is 0. The molecule has 0 saturated carbocycles. The van der Waals surface area contributed by atoms with E-state index in [4.69, 9.17) is 15.4 Å². The van der Waals surface area contributed by atoms with Crippen LogP contribution in [0.2, 0.25) is 0 Å². The van der Waals surface area contributed by atoms with Crippen molar-refractivity contribution in [3.63, 3.8) is 0 Å². The summed E-state index contributed by atoms with van der Waals surface area (Å²) in [6.45, 7) is 0.335. The number of ketones is 1. The molecule has 0 bridgehead atoms. The first-order valence-electron chi connectivity index (χ1n) is 4.00. The highest BCUT2D eigenvalue weighted by atomic mass is 35.7. The molecule has 0 aromatic heterocycles. The number of rotatable bonds is 1. The molecule has 14 heavy (non-hydrogen) atoms. The van der Waals surface area contributed by atoms with E-state index in [2.05, 4.69) is 0 Å². The molecule has 2 rings (SSSR count). The highest BCUT2D eigenvalue weighted by Gasteiger charge is 2.22. The number of carbonyl (C=O) groups is 1. The maximum atomic E-state index is 13.0. The van der Waals surface area contributed by atoms with Crippen molar-refractivity contribution < 1.29 is 13.9 Å². The second-order valence-electron chi connectivity index (χ2n) is 2.88.